The first kappa shape index (κ1) is 20.4. The maximum Gasteiger partial charge on any atom is 0.226 e. The molecule has 0 fully saturated rings. The number of hydrogen-bond donors (Lipinski definition) is 1. The van der Waals surface area contributed by atoms with Crippen LogP contribution in [0.5, 0.6) is 17.2 Å². The van der Waals surface area contributed by atoms with Crippen molar-refractivity contribution in [3.63, 3.8) is 0 Å². The molecule has 1 N–H and O–H groups in total. The molecule has 170 valence electrons. The highest BCUT2D eigenvalue weighted by Crippen LogP contribution is 2.51. The lowest BCUT2D eigenvalue weighted by Crippen LogP contribution is -2.32. The number of aromatic nitrogens is 3. The van der Waals surface area contributed by atoms with E-state index in [4.69, 9.17) is 14.2 Å². The number of anilines is 1. The average Bonchev–Trinajstić information content (AvgIpc) is 3.35. The molecule has 34 heavy (non-hydrogen) atoms. The summed E-state index contributed by atoms with van der Waals surface area (Å²) in [6.45, 7) is 2.09. The Hall–Kier alpha value is -4.26. The van der Waals surface area contributed by atoms with E-state index in [1.54, 1.807) is 20.5 Å². The highest BCUT2D eigenvalue weighted by Gasteiger charge is 2.41. The first-order valence-corrected chi connectivity index (χ1v) is 11.1. The van der Waals surface area contributed by atoms with Crippen molar-refractivity contribution in [2.45, 2.75) is 19.1 Å². The maximum atomic E-state index is 6.68. The first-order chi connectivity index (χ1) is 16.7. The van der Waals surface area contributed by atoms with Crippen LogP contribution in [0.2, 0.25) is 0 Å². The lowest BCUT2D eigenvalue weighted by molar-refractivity contribution is 0.222. The molecule has 0 aliphatic carbocycles. The van der Waals surface area contributed by atoms with E-state index in [1.165, 1.54) is 5.56 Å². The van der Waals surface area contributed by atoms with Gasteiger partial charge in [0.1, 0.15) is 35.7 Å². The smallest absolute Gasteiger partial charge is 0.226 e. The summed E-state index contributed by atoms with van der Waals surface area (Å²) in [5, 5.41) is 8.11. The minimum Gasteiger partial charge on any atom is -0.497 e. The molecule has 3 heterocycles. The minimum absolute atomic E-state index is 0.217. The van der Waals surface area contributed by atoms with E-state index in [-0.39, 0.29) is 12.1 Å². The summed E-state index contributed by atoms with van der Waals surface area (Å²) in [6.07, 6.45) is 1.26. The summed E-state index contributed by atoms with van der Waals surface area (Å²) < 4.78 is 19.5. The van der Waals surface area contributed by atoms with Gasteiger partial charge in [-0.05, 0) is 48.4 Å². The van der Waals surface area contributed by atoms with Crippen LogP contribution in [0.15, 0.2) is 78.6 Å². The van der Waals surface area contributed by atoms with Crippen molar-refractivity contribution in [1.29, 1.82) is 0 Å². The van der Waals surface area contributed by atoms with Crippen LogP contribution in [0.4, 0.5) is 5.95 Å². The lowest BCUT2D eigenvalue weighted by atomic mass is 9.84. The normalized spacial score (nSPS) is 18.2. The lowest BCUT2D eigenvalue weighted by Gasteiger charge is -2.39. The van der Waals surface area contributed by atoms with Crippen LogP contribution in [0, 0.1) is 6.92 Å². The molecule has 6 rings (SSSR count). The molecule has 0 spiro atoms. The van der Waals surface area contributed by atoms with Gasteiger partial charge < -0.3 is 19.5 Å². The zero-order valence-electron chi connectivity index (χ0n) is 19.1. The predicted molar refractivity (Wildman–Crippen MR) is 129 cm³/mol. The van der Waals surface area contributed by atoms with Crippen molar-refractivity contribution < 1.29 is 14.2 Å². The van der Waals surface area contributed by atoms with Gasteiger partial charge in [0.15, 0.2) is 0 Å². The van der Waals surface area contributed by atoms with Gasteiger partial charge in [-0.1, -0.05) is 42.0 Å². The van der Waals surface area contributed by atoms with Gasteiger partial charge in [0, 0.05) is 11.1 Å². The molecule has 7 nitrogen and oxygen atoms in total. The number of aryl methyl sites for hydroxylation is 1. The standard InChI is InChI=1S/C27H24N4O3/c1-16-4-6-18(7-5-16)26-23-24(21-14-20(33-3)12-13-22(21)34-26)30-27-28-15-29-31(27)25(23)17-8-10-19(32-2)11-9-17/h4-15,25-26H,1-3H3,(H,28,29,30). The molecule has 0 radical (unpaired) electrons. The number of fused-ring (bicyclic) bond motifs is 3. The molecule has 0 saturated heterocycles. The van der Waals surface area contributed by atoms with Gasteiger partial charge >= 0.3 is 0 Å². The third kappa shape index (κ3) is 3.20. The average molecular weight is 453 g/mol. The third-order valence-electron chi connectivity index (χ3n) is 6.43. The second-order valence-corrected chi connectivity index (χ2v) is 8.43. The van der Waals surface area contributed by atoms with Crippen LogP contribution < -0.4 is 19.5 Å². The van der Waals surface area contributed by atoms with Crippen molar-refractivity contribution >= 4 is 11.6 Å². The SMILES string of the molecule is COc1ccc(C2C3=C(Nc4ncnn42)c2cc(OC)ccc2OC3c2ccc(C)cc2)cc1. The number of ether oxygens (including phenoxy) is 3. The highest BCUT2D eigenvalue weighted by atomic mass is 16.5. The van der Waals surface area contributed by atoms with Gasteiger partial charge in [-0.25, -0.2) is 4.68 Å². The summed E-state index contributed by atoms with van der Waals surface area (Å²) in [4.78, 5) is 4.49. The summed E-state index contributed by atoms with van der Waals surface area (Å²) in [7, 11) is 3.34. The minimum atomic E-state index is -0.312. The van der Waals surface area contributed by atoms with Crippen molar-refractivity contribution in [3.05, 3.63) is 101 Å². The van der Waals surface area contributed by atoms with Gasteiger partial charge in [-0.2, -0.15) is 10.1 Å². The van der Waals surface area contributed by atoms with E-state index in [9.17, 15) is 0 Å². The number of benzene rings is 3. The van der Waals surface area contributed by atoms with Crippen molar-refractivity contribution in [1.82, 2.24) is 14.8 Å². The fourth-order valence-corrected chi connectivity index (χ4v) is 4.70. The molecule has 1 aromatic heterocycles. The van der Waals surface area contributed by atoms with Crippen LogP contribution in [-0.4, -0.2) is 29.0 Å². The molecule has 4 aromatic rings. The van der Waals surface area contributed by atoms with Crippen LogP contribution in [0.3, 0.4) is 0 Å². The van der Waals surface area contributed by atoms with E-state index in [1.807, 2.05) is 35.0 Å². The molecular weight excluding hydrogens is 428 g/mol. The Morgan fingerprint density at radius 1 is 0.882 bits per heavy atom. The second-order valence-electron chi connectivity index (χ2n) is 8.43. The van der Waals surface area contributed by atoms with Crippen LogP contribution >= 0.6 is 0 Å². The fourth-order valence-electron chi connectivity index (χ4n) is 4.70. The number of nitrogens with one attached hydrogen (secondary N) is 1. The Kier molecular flexibility index (Phi) is 4.76. The molecule has 0 saturated carbocycles. The first-order valence-electron chi connectivity index (χ1n) is 11.1. The van der Waals surface area contributed by atoms with Crippen LogP contribution in [0.1, 0.15) is 34.4 Å². The zero-order valence-corrected chi connectivity index (χ0v) is 19.1. The Labute approximate surface area is 197 Å². The second kappa shape index (κ2) is 7.95. The fraction of sp³-hybridized carbons (Fsp3) is 0.185. The molecule has 0 bridgehead atoms. The topological polar surface area (TPSA) is 70.4 Å². The number of methoxy groups -OCH3 is 2. The summed E-state index contributed by atoms with van der Waals surface area (Å²) in [5.41, 5.74) is 6.30. The summed E-state index contributed by atoms with van der Waals surface area (Å²) in [6, 6.07) is 22.2. The van der Waals surface area contributed by atoms with E-state index in [2.05, 4.69) is 58.7 Å². The van der Waals surface area contributed by atoms with E-state index >= 15 is 0 Å². The van der Waals surface area contributed by atoms with E-state index in [0.717, 1.165) is 45.2 Å². The predicted octanol–water partition coefficient (Wildman–Crippen LogP) is 5.16. The Morgan fingerprint density at radius 2 is 1.59 bits per heavy atom. The zero-order chi connectivity index (χ0) is 23.2. The van der Waals surface area contributed by atoms with E-state index < -0.39 is 0 Å². The quantitative estimate of drug-likeness (QED) is 0.461. The maximum absolute atomic E-state index is 6.68. The molecule has 2 aliphatic rings. The monoisotopic (exact) mass is 452 g/mol. The van der Waals surface area contributed by atoms with Gasteiger partial charge in [0.2, 0.25) is 5.95 Å². The van der Waals surface area contributed by atoms with Crippen molar-refractivity contribution in [2.75, 3.05) is 19.5 Å². The summed E-state index contributed by atoms with van der Waals surface area (Å²) in [5.74, 6) is 3.03. The largest absolute Gasteiger partial charge is 0.497 e. The molecule has 2 aliphatic heterocycles. The van der Waals surface area contributed by atoms with Crippen LogP contribution in [-0.2, 0) is 0 Å². The van der Waals surface area contributed by atoms with Gasteiger partial charge in [-0.15, -0.1) is 0 Å². The highest BCUT2D eigenvalue weighted by molar-refractivity contribution is 5.85. The van der Waals surface area contributed by atoms with E-state index in [0.29, 0.717) is 5.95 Å². The number of nitrogens with zero attached hydrogens (tertiary/aromatic N) is 3. The Bertz CT molecular complexity index is 1390. The van der Waals surface area contributed by atoms with Crippen molar-refractivity contribution in [2.24, 2.45) is 0 Å². The number of rotatable bonds is 4. The summed E-state index contributed by atoms with van der Waals surface area (Å²) >= 11 is 0. The van der Waals surface area contributed by atoms with Crippen molar-refractivity contribution in [3.8, 4) is 17.2 Å². The molecule has 7 heteroatoms. The van der Waals surface area contributed by atoms with Crippen LogP contribution in [0.25, 0.3) is 5.70 Å². The Balaban J connectivity index is 1.61. The third-order valence-corrected chi connectivity index (χ3v) is 6.43. The van der Waals surface area contributed by atoms with Gasteiger partial charge in [0.25, 0.3) is 0 Å². The molecule has 0 amide bonds. The number of hydrogen-bond acceptors (Lipinski definition) is 6. The van der Waals surface area contributed by atoms with Gasteiger partial charge in [-0.3, -0.25) is 0 Å². The molecular formula is C27H24N4O3. The molecule has 2 unspecified atom stereocenters. The Morgan fingerprint density at radius 3 is 2.32 bits per heavy atom. The molecule has 3 aromatic carbocycles. The molecule has 2 atom stereocenters. The van der Waals surface area contributed by atoms with Gasteiger partial charge in [0.05, 0.1) is 19.9 Å².